The van der Waals surface area contributed by atoms with E-state index in [-0.39, 0.29) is 16.7 Å². The molecule has 12 heteroatoms. The first-order valence-electron chi connectivity index (χ1n) is 9.30. The lowest BCUT2D eigenvalue weighted by atomic mass is 10.3. The van der Waals surface area contributed by atoms with Crippen LogP contribution in [0.1, 0.15) is 16.3 Å². The van der Waals surface area contributed by atoms with E-state index in [1.165, 1.54) is 30.5 Å². The molecule has 4 rings (SSSR count). The van der Waals surface area contributed by atoms with Crippen LogP contribution in [-0.2, 0) is 10.0 Å². The van der Waals surface area contributed by atoms with Crippen LogP contribution < -0.4 is 15.7 Å². The first kappa shape index (κ1) is 20.9. The van der Waals surface area contributed by atoms with Gasteiger partial charge in [0.15, 0.2) is 0 Å². The van der Waals surface area contributed by atoms with E-state index >= 15 is 0 Å². The van der Waals surface area contributed by atoms with Gasteiger partial charge in [-0.05, 0) is 49.4 Å². The minimum atomic E-state index is -3.91. The average molecular weight is 451 g/mol. The summed E-state index contributed by atoms with van der Waals surface area (Å²) in [6.07, 6.45) is 1.45. The second kappa shape index (κ2) is 8.43. The average Bonchev–Trinajstić information content (AvgIpc) is 3.16. The number of hydrogen-bond acceptors (Lipinski definition) is 7. The molecule has 0 aliphatic carbocycles. The number of benzene rings is 2. The third-order valence-electron chi connectivity index (χ3n) is 4.28. The topological polar surface area (TPSA) is 152 Å². The standard InChI is InChI=1S/C20H17N7O4S/c1-13-11-12-21-19(22-13)26-32(30,31)16-9-7-14(8-10-16)23-18(28)17-24-20(29)27(25-17)15-5-3-2-4-6-15/h2-12H,1H3,(H,23,28)(H,21,22,26)(H,24,25,29). The molecule has 0 radical (unpaired) electrons. The Morgan fingerprint density at radius 2 is 1.75 bits per heavy atom. The molecular formula is C20H17N7O4S. The van der Waals surface area contributed by atoms with Gasteiger partial charge in [0.1, 0.15) is 0 Å². The van der Waals surface area contributed by atoms with Gasteiger partial charge in [-0.2, -0.15) is 4.68 Å². The fraction of sp³-hybridized carbons (Fsp3) is 0.0500. The number of para-hydroxylation sites is 1. The van der Waals surface area contributed by atoms with Crippen LogP contribution in [0.3, 0.4) is 0 Å². The molecule has 0 fully saturated rings. The van der Waals surface area contributed by atoms with Gasteiger partial charge in [-0.15, -0.1) is 5.10 Å². The van der Waals surface area contributed by atoms with Crippen LogP contribution in [0.15, 0.2) is 76.6 Å². The zero-order chi connectivity index (χ0) is 22.7. The Kier molecular flexibility index (Phi) is 5.52. The summed E-state index contributed by atoms with van der Waals surface area (Å²) in [5.74, 6) is -0.882. The summed E-state index contributed by atoms with van der Waals surface area (Å²) in [5, 5.41) is 6.56. The van der Waals surface area contributed by atoms with E-state index in [2.05, 4.69) is 30.1 Å². The van der Waals surface area contributed by atoms with Crippen molar-refractivity contribution in [3.05, 3.63) is 88.9 Å². The maximum absolute atomic E-state index is 12.5. The Morgan fingerprint density at radius 3 is 2.44 bits per heavy atom. The zero-order valence-electron chi connectivity index (χ0n) is 16.7. The van der Waals surface area contributed by atoms with Crippen LogP contribution in [0.25, 0.3) is 5.69 Å². The highest BCUT2D eigenvalue weighted by Crippen LogP contribution is 2.17. The zero-order valence-corrected chi connectivity index (χ0v) is 17.5. The molecule has 1 amide bonds. The molecule has 2 heterocycles. The molecule has 4 aromatic rings. The van der Waals surface area contributed by atoms with Gasteiger partial charge in [0.25, 0.3) is 15.9 Å². The number of rotatable bonds is 6. The van der Waals surface area contributed by atoms with Gasteiger partial charge in [0.05, 0.1) is 10.6 Å². The molecule has 3 N–H and O–H groups in total. The highest BCUT2D eigenvalue weighted by atomic mass is 32.2. The monoisotopic (exact) mass is 451 g/mol. The van der Waals surface area contributed by atoms with Crippen LogP contribution in [0.4, 0.5) is 11.6 Å². The lowest BCUT2D eigenvalue weighted by Gasteiger charge is -2.08. The van der Waals surface area contributed by atoms with Crippen molar-refractivity contribution >= 4 is 27.6 Å². The van der Waals surface area contributed by atoms with Gasteiger partial charge in [-0.25, -0.2) is 27.9 Å². The number of hydrogen-bond donors (Lipinski definition) is 3. The number of carbonyl (C=O) groups excluding carboxylic acids is 1. The molecular weight excluding hydrogens is 434 g/mol. The van der Waals surface area contributed by atoms with E-state index in [1.54, 1.807) is 43.3 Å². The van der Waals surface area contributed by atoms with Crippen molar-refractivity contribution in [3.63, 3.8) is 0 Å². The van der Waals surface area contributed by atoms with Gasteiger partial charge in [0, 0.05) is 17.6 Å². The smallest absolute Gasteiger partial charge is 0.319 e. The minimum Gasteiger partial charge on any atom is -0.319 e. The summed E-state index contributed by atoms with van der Waals surface area (Å²) in [6.45, 7) is 1.72. The van der Waals surface area contributed by atoms with Gasteiger partial charge >= 0.3 is 5.69 Å². The molecule has 2 aromatic heterocycles. The van der Waals surface area contributed by atoms with E-state index in [4.69, 9.17) is 0 Å². The molecule has 11 nitrogen and oxygen atoms in total. The number of aryl methyl sites for hydroxylation is 1. The largest absolute Gasteiger partial charge is 0.348 e. The van der Waals surface area contributed by atoms with E-state index in [1.807, 2.05) is 0 Å². The number of sulfonamides is 1. The third-order valence-corrected chi connectivity index (χ3v) is 5.62. The lowest BCUT2D eigenvalue weighted by Crippen LogP contribution is -2.16. The van der Waals surface area contributed by atoms with E-state index < -0.39 is 21.6 Å². The number of aromatic amines is 1. The number of carbonyl (C=O) groups is 1. The van der Waals surface area contributed by atoms with Gasteiger partial charge < -0.3 is 5.32 Å². The van der Waals surface area contributed by atoms with Crippen molar-refractivity contribution in [2.75, 3.05) is 10.0 Å². The van der Waals surface area contributed by atoms with Gasteiger partial charge in [0.2, 0.25) is 11.8 Å². The predicted molar refractivity (Wildman–Crippen MR) is 116 cm³/mol. The van der Waals surface area contributed by atoms with Crippen LogP contribution in [-0.4, -0.2) is 39.1 Å². The third kappa shape index (κ3) is 4.54. The Morgan fingerprint density at radius 1 is 1.03 bits per heavy atom. The van der Waals surface area contributed by atoms with E-state index in [9.17, 15) is 18.0 Å². The number of nitrogens with one attached hydrogen (secondary N) is 3. The van der Waals surface area contributed by atoms with Crippen molar-refractivity contribution in [1.82, 2.24) is 24.7 Å². The minimum absolute atomic E-state index is 0.0395. The summed E-state index contributed by atoms with van der Waals surface area (Å²) in [5.41, 5.74) is 0.874. The molecule has 0 saturated heterocycles. The second-order valence-corrected chi connectivity index (χ2v) is 8.31. The fourth-order valence-electron chi connectivity index (χ4n) is 2.76. The SMILES string of the molecule is Cc1ccnc(NS(=O)(=O)c2ccc(NC(=O)c3nn(-c4ccccc4)c(=O)[nH]3)cc2)n1. The summed E-state index contributed by atoms with van der Waals surface area (Å²) in [4.78, 5) is 34.8. The highest BCUT2D eigenvalue weighted by Gasteiger charge is 2.17. The van der Waals surface area contributed by atoms with Crippen molar-refractivity contribution < 1.29 is 13.2 Å². The Bertz CT molecular complexity index is 1430. The summed E-state index contributed by atoms with van der Waals surface area (Å²) < 4.78 is 28.4. The normalized spacial score (nSPS) is 11.2. The highest BCUT2D eigenvalue weighted by molar-refractivity contribution is 7.92. The number of amides is 1. The van der Waals surface area contributed by atoms with E-state index in [0.717, 1.165) is 4.68 Å². The van der Waals surface area contributed by atoms with Crippen molar-refractivity contribution in [3.8, 4) is 5.69 Å². The van der Waals surface area contributed by atoms with Gasteiger partial charge in [-0.3, -0.25) is 9.78 Å². The van der Waals surface area contributed by atoms with Crippen LogP contribution in [0, 0.1) is 6.92 Å². The summed E-state index contributed by atoms with van der Waals surface area (Å²) in [7, 11) is -3.91. The Labute approximate surface area is 182 Å². The molecule has 0 aliphatic heterocycles. The van der Waals surface area contributed by atoms with Crippen LogP contribution in [0.2, 0.25) is 0 Å². The van der Waals surface area contributed by atoms with Crippen molar-refractivity contribution in [2.45, 2.75) is 11.8 Å². The molecule has 0 unspecified atom stereocenters. The number of anilines is 2. The predicted octanol–water partition coefficient (Wildman–Crippen LogP) is 1.71. The summed E-state index contributed by atoms with van der Waals surface area (Å²) >= 11 is 0. The first-order valence-corrected chi connectivity index (χ1v) is 10.8. The second-order valence-electron chi connectivity index (χ2n) is 6.63. The molecule has 32 heavy (non-hydrogen) atoms. The molecule has 0 spiro atoms. The number of H-pyrrole nitrogens is 1. The first-order chi connectivity index (χ1) is 15.3. The Balaban J connectivity index is 1.48. The maximum Gasteiger partial charge on any atom is 0.348 e. The van der Waals surface area contributed by atoms with Crippen LogP contribution >= 0.6 is 0 Å². The van der Waals surface area contributed by atoms with E-state index in [0.29, 0.717) is 17.1 Å². The maximum atomic E-state index is 12.5. The molecule has 0 atom stereocenters. The molecule has 0 aliphatic rings. The van der Waals surface area contributed by atoms with Crippen molar-refractivity contribution in [2.24, 2.45) is 0 Å². The quantitative estimate of drug-likeness (QED) is 0.403. The summed E-state index contributed by atoms with van der Waals surface area (Å²) in [6, 6.07) is 15.7. The number of nitrogens with zero attached hydrogens (tertiary/aromatic N) is 4. The fourth-order valence-corrected chi connectivity index (χ4v) is 3.71. The van der Waals surface area contributed by atoms with Gasteiger partial charge in [-0.1, -0.05) is 18.2 Å². The lowest BCUT2D eigenvalue weighted by molar-refractivity contribution is 0.101. The van der Waals surface area contributed by atoms with Crippen molar-refractivity contribution in [1.29, 1.82) is 0 Å². The molecule has 2 aromatic carbocycles. The Hall–Kier alpha value is -4.32. The number of aromatic nitrogens is 5. The molecule has 0 bridgehead atoms. The van der Waals surface area contributed by atoms with Crippen LogP contribution in [0.5, 0.6) is 0 Å². The molecule has 162 valence electrons. The molecule has 0 saturated carbocycles.